The van der Waals surface area contributed by atoms with Crippen LogP contribution >= 0.6 is 12.4 Å². The molecule has 2 amide bonds. The van der Waals surface area contributed by atoms with Gasteiger partial charge in [-0.05, 0) is 48.1 Å². The van der Waals surface area contributed by atoms with Crippen LogP contribution in [0.3, 0.4) is 0 Å². The van der Waals surface area contributed by atoms with Gasteiger partial charge in [-0.2, -0.15) is 0 Å². The molecule has 25 heavy (non-hydrogen) atoms. The third-order valence-corrected chi connectivity index (χ3v) is 4.51. The molecular weight excluding hydrogens is 338 g/mol. The molecule has 1 aromatic carbocycles. The number of carbonyl (C=O) groups excluding carboxylic acids is 2. The molecule has 1 aromatic rings. The zero-order valence-corrected chi connectivity index (χ0v) is 16.4. The maximum absolute atomic E-state index is 12.6. The van der Waals surface area contributed by atoms with Crippen LogP contribution in [0.5, 0.6) is 0 Å². The van der Waals surface area contributed by atoms with Crippen molar-refractivity contribution in [2.24, 2.45) is 16.6 Å². The van der Waals surface area contributed by atoms with Crippen molar-refractivity contribution in [1.29, 1.82) is 0 Å². The second kappa shape index (κ2) is 8.19. The standard InChI is InChI=1S/C19H29N3O2.ClH/c1-18(2,3)12-21-16(23)14-5-7-15(8-6-14)17(24)22-10-9-19(4,11-20)13-22;/h5-8H,9-13,20H2,1-4H3,(H,21,23);1H. The molecule has 140 valence electrons. The van der Waals surface area contributed by atoms with Gasteiger partial charge in [0, 0.05) is 30.8 Å². The molecule has 2 rings (SSSR count). The van der Waals surface area contributed by atoms with Gasteiger partial charge >= 0.3 is 0 Å². The van der Waals surface area contributed by atoms with Crippen molar-refractivity contribution in [3.8, 4) is 0 Å². The first-order valence-electron chi connectivity index (χ1n) is 8.51. The highest BCUT2D eigenvalue weighted by atomic mass is 35.5. The van der Waals surface area contributed by atoms with E-state index < -0.39 is 0 Å². The minimum Gasteiger partial charge on any atom is -0.352 e. The van der Waals surface area contributed by atoms with Gasteiger partial charge in [-0.1, -0.05) is 27.7 Å². The number of nitrogens with two attached hydrogens (primary N) is 1. The molecule has 1 fully saturated rings. The first-order valence-corrected chi connectivity index (χ1v) is 8.51. The smallest absolute Gasteiger partial charge is 0.253 e. The average molecular weight is 368 g/mol. The Kier molecular flexibility index (Phi) is 7.03. The van der Waals surface area contributed by atoms with Crippen LogP contribution in [0.25, 0.3) is 0 Å². The van der Waals surface area contributed by atoms with Crippen LogP contribution in [-0.4, -0.2) is 42.9 Å². The van der Waals surface area contributed by atoms with Crippen molar-refractivity contribution in [2.75, 3.05) is 26.2 Å². The summed E-state index contributed by atoms with van der Waals surface area (Å²) < 4.78 is 0. The van der Waals surface area contributed by atoms with Crippen LogP contribution in [-0.2, 0) is 0 Å². The number of halogens is 1. The summed E-state index contributed by atoms with van der Waals surface area (Å²) in [4.78, 5) is 26.6. The topological polar surface area (TPSA) is 75.4 Å². The lowest BCUT2D eigenvalue weighted by atomic mass is 9.90. The number of hydrogen-bond acceptors (Lipinski definition) is 3. The lowest BCUT2D eigenvalue weighted by molar-refractivity contribution is 0.0776. The summed E-state index contributed by atoms with van der Waals surface area (Å²) in [5.41, 5.74) is 7.04. The highest BCUT2D eigenvalue weighted by molar-refractivity contribution is 5.98. The quantitative estimate of drug-likeness (QED) is 0.859. The number of amides is 2. The van der Waals surface area contributed by atoms with Crippen molar-refractivity contribution in [3.63, 3.8) is 0 Å². The molecule has 1 aliphatic rings. The molecule has 0 bridgehead atoms. The second-order valence-corrected chi connectivity index (χ2v) is 8.31. The zero-order chi connectivity index (χ0) is 18.0. The molecule has 1 aliphatic heterocycles. The monoisotopic (exact) mass is 367 g/mol. The van der Waals surface area contributed by atoms with Crippen LogP contribution in [0.2, 0.25) is 0 Å². The molecule has 0 saturated carbocycles. The van der Waals surface area contributed by atoms with Gasteiger partial charge in [0.1, 0.15) is 0 Å². The third-order valence-electron chi connectivity index (χ3n) is 4.51. The Morgan fingerprint density at radius 3 is 2.24 bits per heavy atom. The highest BCUT2D eigenvalue weighted by Crippen LogP contribution is 2.29. The lowest BCUT2D eigenvalue weighted by Gasteiger charge is -2.22. The summed E-state index contributed by atoms with van der Waals surface area (Å²) in [6.45, 7) is 10.9. The van der Waals surface area contributed by atoms with E-state index in [-0.39, 0.29) is 35.1 Å². The normalized spacial score (nSPS) is 20.1. The molecule has 3 N–H and O–H groups in total. The van der Waals surface area contributed by atoms with Crippen molar-refractivity contribution in [3.05, 3.63) is 35.4 Å². The van der Waals surface area contributed by atoms with Gasteiger partial charge in [-0.3, -0.25) is 9.59 Å². The molecular formula is C19H30ClN3O2. The Bertz CT molecular complexity index is 610. The largest absolute Gasteiger partial charge is 0.352 e. The Labute approximate surface area is 156 Å². The van der Waals surface area contributed by atoms with Gasteiger partial charge in [-0.25, -0.2) is 0 Å². The summed E-state index contributed by atoms with van der Waals surface area (Å²) in [6.07, 6.45) is 0.933. The summed E-state index contributed by atoms with van der Waals surface area (Å²) >= 11 is 0. The van der Waals surface area contributed by atoms with Crippen LogP contribution < -0.4 is 11.1 Å². The highest BCUT2D eigenvalue weighted by Gasteiger charge is 2.35. The van der Waals surface area contributed by atoms with E-state index >= 15 is 0 Å². The predicted octanol–water partition coefficient (Wildman–Crippen LogP) is 2.70. The van der Waals surface area contributed by atoms with E-state index in [4.69, 9.17) is 5.73 Å². The van der Waals surface area contributed by atoms with E-state index in [1.807, 2.05) is 4.90 Å². The van der Waals surface area contributed by atoms with Gasteiger partial charge < -0.3 is 16.0 Å². The zero-order valence-electron chi connectivity index (χ0n) is 15.6. The maximum atomic E-state index is 12.6. The molecule has 0 radical (unpaired) electrons. The van der Waals surface area contributed by atoms with E-state index in [1.54, 1.807) is 24.3 Å². The molecule has 1 saturated heterocycles. The van der Waals surface area contributed by atoms with Crippen molar-refractivity contribution in [1.82, 2.24) is 10.2 Å². The predicted molar refractivity (Wildman–Crippen MR) is 103 cm³/mol. The van der Waals surface area contributed by atoms with Crippen LogP contribution in [0, 0.1) is 10.8 Å². The number of hydrogen-bond donors (Lipinski definition) is 2. The minimum atomic E-state index is -0.110. The molecule has 0 spiro atoms. The van der Waals surface area contributed by atoms with Gasteiger partial charge in [0.2, 0.25) is 0 Å². The van der Waals surface area contributed by atoms with Gasteiger partial charge in [-0.15, -0.1) is 12.4 Å². The number of rotatable bonds is 4. The van der Waals surface area contributed by atoms with Crippen molar-refractivity contribution < 1.29 is 9.59 Å². The number of nitrogens with one attached hydrogen (secondary N) is 1. The number of nitrogens with zero attached hydrogens (tertiary/aromatic N) is 1. The van der Waals surface area contributed by atoms with E-state index in [9.17, 15) is 9.59 Å². The van der Waals surface area contributed by atoms with Gasteiger partial charge in [0.15, 0.2) is 0 Å². The first-order chi connectivity index (χ1) is 11.1. The Hall–Kier alpha value is -1.59. The summed E-state index contributed by atoms with van der Waals surface area (Å²) in [5.74, 6) is -0.102. The molecule has 1 atom stereocenters. The van der Waals surface area contributed by atoms with Crippen molar-refractivity contribution >= 4 is 24.2 Å². The van der Waals surface area contributed by atoms with Gasteiger partial charge in [0.05, 0.1) is 0 Å². The lowest BCUT2D eigenvalue weighted by Crippen LogP contribution is -2.34. The Morgan fingerprint density at radius 2 is 1.76 bits per heavy atom. The molecule has 0 aliphatic carbocycles. The van der Waals surface area contributed by atoms with E-state index in [1.165, 1.54) is 0 Å². The number of carbonyl (C=O) groups is 2. The fourth-order valence-electron chi connectivity index (χ4n) is 2.76. The molecule has 1 heterocycles. The van der Waals surface area contributed by atoms with Crippen LogP contribution in [0.4, 0.5) is 0 Å². The summed E-state index contributed by atoms with van der Waals surface area (Å²) in [5, 5.41) is 2.91. The molecule has 0 aromatic heterocycles. The molecule has 6 heteroatoms. The third kappa shape index (κ3) is 5.72. The maximum Gasteiger partial charge on any atom is 0.253 e. The van der Waals surface area contributed by atoms with E-state index in [2.05, 4.69) is 33.0 Å². The summed E-state index contributed by atoms with van der Waals surface area (Å²) in [6, 6.07) is 6.88. The van der Waals surface area contributed by atoms with Crippen LogP contribution in [0.15, 0.2) is 24.3 Å². The molecule has 1 unspecified atom stereocenters. The Morgan fingerprint density at radius 1 is 1.20 bits per heavy atom. The Balaban J connectivity index is 0.00000312. The number of benzene rings is 1. The SMILES string of the molecule is CC(C)(C)CNC(=O)c1ccc(C(=O)N2CCC(C)(CN)C2)cc1.Cl. The first kappa shape index (κ1) is 21.5. The fraction of sp³-hybridized carbons (Fsp3) is 0.579. The van der Waals surface area contributed by atoms with E-state index in [0.717, 1.165) is 13.0 Å². The van der Waals surface area contributed by atoms with Crippen molar-refractivity contribution in [2.45, 2.75) is 34.1 Å². The fourth-order valence-corrected chi connectivity index (χ4v) is 2.76. The summed E-state index contributed by atoms with van der Waals surface area (Å²) in [7, 11) is 0. The van der Waals surface area contributed by atoms with Gasteiger partial charge in [0.25, 0.3) is 11.8 Å². The minimum absolute atomic E-state index is 0. The van der Waals surface area contributed by atoms with E-state index in [0.29, 0.717) is 30.8 Å². The average Bonchev–Trinajstić information content (AvgIpc) is 2.94. The van der Waals surface area contributed by atoms with Crippen LogP contribution in [0.1, 0.15) is 54.8 Å². The number of likely N-dealkylation sites (tertiary alicyclic amines) is 1. The second-order valence-electron chi connectivity index (χ2n) is 8.31. The molecule has 5 nitrogen and oxygen atoms in total.